The van der Waals surface area contributed by atoms with E-state index >= 15 is 0 Å². The third-order valence-electron chi connectivity index (χ3n) is 2.17. The average Bonchev–Trinajstić information content (AvgIpc) is 2.35. The van der Waals surface area contributed by atoms with Crippen LogP contribution in [0.5, 0.6) is 5.88 Å². The minimum absolute atomic E-state index is 0.257. The molecule has 17 heavy (non-hydrogen) atoms. The molecule has 0 radical (unpaired) electrons. The third-order valence-corrected chi connectivity index (χ3v) is 2.17. The molecule has 1 heterocycles. The summed E-state index contributed by atoms with van der Waals surface area (Å²) in [6, 6.07) is 1.21. The predicted octanol–water partition coefficient (Wildman–Crippen LogP) is 1.91. The zero-order valence-electron chi connectivity index (χ0n) is 9.99. The van der Waals surface area contributed by atoms with Gasteiger partial charge in [0.25, 0.3) is 0 Å². The third kappa shape index (κ3) is 5.10. The van der Waals surface area contributed by atoms with Gasteiger partial charge in [-0.2, -0.15) is 0 Å². The minimum Gasteiger partial charge on any atom is -0.475 e. The molecule has 0 aromatic carbocycles. The van der Waals surface area contributed by atoms with E-state index in [4.69, 9.17) is 14.6 Å². The highest BCUT2D eigenvalue weighted by atomic mass is 19.1. The van der Waals surface area contributed by atoms with Crippen LogP contribution in [0, 0.1) is 5.82 Å². The topological polar surface area (TPSA) is 51.6 Å². The highest BCUT2D eigenvalue weighted by molar-refractivity contribution is 5.25. The molecule has 96 valence electrons. The van der Waals surface area contributed by atoms with Crippen LogP contribution in [0.25, 0.3) is 0 Å². The van der Waals surface area contributed by atoms with Gasteiger partial charge in [-0.1, -0.05) is 13.3 Å². The number of unbranched alkanes of at least 4 members (excludes halogenated alkanes) is 1. The Bertz CT molecular complexity index is 334. The zero-order chi connectivity index (χ0) is 12.5. The van der Waals surface area contributed by atoms with Gasteiger partial charge in [-0.15, -0.1) is 0 Å². The summed E-state index contributed by atoms with van der Waals surface area (Å²) in [4.78, 5) is 3.77. The summed E-state index contributed by atoms with van der Waals surface area (Å²) >= 11 is 0. The van der Waals surface area contributed by atoms with Crippen molar-refractivity contribution in [3.63, 3.8) is 0 Å². The molecule has 4 nitrogen and oxygen atoms in total. The van der Waals surface area contributed by atoms with Crippen LogP contribution in [0.1, 0.15) is 25.3 Å². The molecule has 5 heteroatoms. The van der Waals surface area contributed by atoms with E-state index in [0.717, 1.165) is 19.0 Å². The zero-order valence-corrected chi connectivity index (χ0v) is 9.99. The van der Waals surface area contributed by atoms with Gasteiger partial charge in [0, 0.05) is 12.2 Å². The lowest BCUT2D eigenvalue weighted by molar-refractivity contribution is 0.0954. The van der Waals surface area contributed by atoms with Gasteiger partial charge < -0.3 is 14.6 Å². The van der Waals surface area contributed by atoms with Crippen molar-refractivity contribution in [2.45, 2.75) is 26.4 Å². The molecule has 0 atom stereocenters. The lowest BCUT2D eigenvalue weighted by atomic mass is 10.3. The number of rotatable bonds is 8. The maximum absolute atomic E-state index is 12.8. The molecule has 0 aliphatic carbocycles. The number of aromatic nitrogens is 1. The number of ether oxygens (including phenoxy) is 2. The predicted molar refractivity (Wildman–Crippen MR) is 61.3 cm³/mol. The Morgan fingerprint density at radius 3 is 2.88 bits per heavy atom. The van der Waals surface area contributed by atoms with Gasteiger partial charge in [0.15, 0.2) is 0 Å². The highest BCUT2D eigenvalue weighted by Crippen LogP contribution is 2.15. The van der Waals surface area contributed by atoms with Gasteiger partial charge in [-0.25, -0.2) is 9.37 Å². The second-order valence-corrected chi connectivity index (χ2v) is 3.59. The lowest BCUT2D eigenvalue weighted by Crippen LogP contribution is -2.09. The van der Waals surface area contributed by atoms with Crippen molar-refractivity contribution in [3.05, 3.63) is 23.6 Å². The molecule has 1 rings (SSSR count). The molecule has 1 aromatic heterocycles. The molecule has 0 fully saturated rings. The number of halogens is 1. The maximum atomic E-state index is 12.8. The fourth-order valence-electron chi connectivity index (χ4n) is 1.26. The lowest BCUT2D eigenvalue weighted by Gasteiger charge is -2.09. The van der Waals surface area contributed by atoms with Gasteiger partial charge in [0.2, 0.25) is 5.88 Å². The quantitative estimate of drug-likeness (QED) is 0.709. The van der Waals surface area contributed by atoms with E-state index in [1.54, 1.807) is 0 Å². The summed E-state index contributed by atoms with van der Waals surface area (Å²) in [6.45, 7) is 3.31. The molecule has 0 bridgehead atoms. The number of hydrogen-bond acceptors (Lipinski definition) is 4. The van der Waals surface area contributed by atoms with Crippen molar-refractivity contribution in [2.75, 3.05) is 19.8 Å². The van der Waals surface area contributed by atoms with E-state index in [1.807, 2.05) is 0 Å². The van der Waals surface area contributed by atoms with Gasteiger partial charge in [-0.3, -0.25) is 0 Å². The smallest absolute Gasteiger partial charge is 0.219 e. The number of hydrogen-bond donors (Lipinski definition) is 1. The highest BCUT2D eigenvalue weighted by Gasteiger charge is 2.05. The van der Waals surface area contributed by atoms with Crippen molar-refractivity contribution in [1.82, 2.24) is 4.98 Å². The van der Waals surface area contributed by atoms with Gasteiger partial charge >= 0.3 is 0 Å². The summed E-state index contributed by atoms with van der Waals surface area (Å²) in [5, 5.41) is 9.00. The number of pyridine rings is 1. The molecule has 1 N–H and O–H groups in total. The minimum atomic E-state index is -0.486. The molecule has 0 saturated heterocycles. The fourth-order valence-corrected chi connectivity index (χ4v) is 1.26. The Kier molecular flexibility index (Phi) is 6.50. The number of aliphatic hydroxyl groups is 1. The first-order chi connectivity index (χ1) is 8.27. The Morgan fingerprint density at radius 2 is 2.18 bits per heavy atom. The normalized spacial score (nSPS) is 10.5. The second-order valence-electron chi connectivity index (χ2n) is 3.59. The molecule has 0 aliphatic rings. The average molecular weight is 243 g/mol. The van der Waals surface area contributed by atoms with Crippen molar-refractivity contribution in [1.29, 1.82) is 0 Å². The molecule has 0 unspecified atom stereocenters. The molecule has 0 saturated carbocycles. The van der Waals surface area contributed by atoms with Gasteiger partial charge in [-0.05, 0) is 12.5 Å². The van der Waals surface area contributed by atoms with E-state index in [0.29, 0.717) is 25.4 Å². The van der Waals surface area contributed by atoms with Crippen LogP contribution in [-0.2, 0) is 11.3 Å². The molecule has 0 aliphatic heterocycles. The van der Waals surface area contributed by atoms with Crippen LogP contribution in [-0.4, -0.2) is 29.9 Å². The monoisotopic (exact) mass is 243 g/mol. The number of nitrogens with zero attached hydrogens (tertiary/aromatic N) is 1. The Balaban J connectivity index is 2.31. The fraction of sp³-hybridized carbons (Fsp3) is 0.583. The summed E-state index contributed by atoms with van der Waals surface area (Å²) in [5.74, 6) is -0.228. The molecule has 1 aromatic rings. The van der Waals surface area contributed by atoms with Crippen LogP contribution in [0.4, 0.5) is 4.39 Å². The van der Waals surface area contributed by atoms with Gasteiger partial charge in [0.1, 0.15) is 12.4 Å². The first kappa shape index (κ1) is 13.9. The van der Waals surface area contributed by atoms with Crippen LogP contribution >= 0.6 is 0 Å². The van der Waals surface area contributed by atoms with E-state index in [9.17, 15) is 4.39 Å². The summed E-state index contributed by atoms with van der Waals surface area (Å²) in [5.41, 5.74) is 0.346. The van der Waals surface area contributed by atoms with Crippen LogP contribution in [0.15, 0.2) is 12.3 Å². The summed E-state index contributed by atoms with van der Waals surface area (Å²) in [6.07, 6.45) is 3.18. The van der Waals surface area contributed by atoms with Crippen molar-refractivity contribution in [2.24, 2.45) is 0 Å². The summed E-state index contributed by atoms with van der Waals surface area (Å²) in [7, 11) is 0. The van der Waals surface area contributed by atoms with E-state index in [-0.39, 0.29) is 12.5 Å². The van der Waals surface area contributed by atoms with Crippen LogP contribution in [0.2, 0.25) is 0 Å². The van der Waals surface area contributed by atoms with Crippen molar-refractivity contribution >= 4 is 0 Å². The maximum Gasteiger partial charge on any atom is 0.219 e. The Labute approximate surface area is 100 Å². The van der Waals surface area contributed by atoms with E-state index < -0.39 is 5.82 Å². The largest absolute Gasteiger partial charge is 0.475 e. The molecule has 0 amide bonds. The van der Waals surface area contributed by atoms with Crippen LogP contribution < -0.4 is 4.74 Å². The van der Waals surface area contributed by atoms with Crippen molar-refractivity contribution < 1.29 is 19.0 Å². The Hall–Kier alpha value is -1.20. The molecular formula is C12H18FNO3. The van der Waals surface area contributed by atoms with Crippen molar-refractivity contribution in [3.8, 4) is 5.88 Å². The number of aliphatic hydroxyl groups excluding tert-OH is 1. The van der Waals surface area contributed by atoms with E-state index in [1.165, 1.54) is 6.07 Å². The van der Waals surface area contributed by atoms with Crippen LogP contribution in [0.3, 0.4) is 0 Å². The second kappa shape index (κ2) is 7.97. The van der Waals surface area contributed by atoms with E-state index in [2.05, 4.69) is 11.9 Å². The molecule has 0 spiro atoms. The first-order valence-electron chi connectivity index (χ1n) is 5.73. The summed E-state index contributed by atoms with van der Waals surface area (Å²) < 4.78 is 23.4. The van der Waals surface area contributed by atoms with Gasteiger partial charge in [0.05, 0.1) is 19.4 Å². The standard InChI is InChI=1S/C12H18FNO3/c1-2-3-4-16-5-6-17-12-10(9-15)7-11(13)8-14-12/h7-8,15H,2-6,9H2,1H3. The first-order valence-corrected chi connectivity index (χ1v) is 5.73. The Morgan fingerprint density at radius 1 is 1.35 bits per heavy atom. The SMILES string of the molecule is CCCCOCCOc1ncc(F)cc1CO. The molecular weight excluding hydrogens is 225 g/mol.